The number of alkyl halides is 3. The van der Waals surface area contributed by atoms with Gasteiger partial charge in [0.15, 0.2) is 0 Å². The summed E-state index contributed by atoms with van der Waals surface area (Å²) in [7, 11) is 0. The van der Waals surface area contributed by atoms with Crippen LogP contribution in [0.3, 0.4) is 0 Å². The minimum atomic E-state index is -4.27. The fraction of sp³-hybridized carbons (Fsp3) is 0.600. The van der Waals surface area contributed by atoms with E-state index in [4.69, 9.17) is 0 Å². The molecule has 1 N–H and O–H groups in total. The summed E-state index contributed by atoms with van der Waals surface area (Å²) >= 11 is 0. The predicted octanol–water partition coefficient (Wildman–Crippen LogP) is 3.53. The normalized spacial score (nSPS) is 21.1. The summed E-state index contributed by atoms with van der Waals surface area (Å²) in [6, 6.07) is 5.77. The van der Waals surface area contributed by atoms with Crippen LogP contribution >= 0.6 is 0 Å². The fourth-order valence-electron chi connectivity index (χ4n) is 2.43. The van der Waals surface area contributed by atoms with E-state index >= 15 is 0 Å². The lowest BCUT2D eigenvalue weighted by molar-refractivity contribution is -0.137. The molecule has 0 amide bonds. The number of nitrogens with one attached hydrogen (secondary N) is 1. The van der Waals surface area contributed by atoms with Crippen molar-refractivity contribution in [3.8, 4) is 0 Å². The summed E-state index contributed by atoms with van der Waals surface area (Å²) < 4.78 is 37.7. The number of halogens is 3. The quantitative estimate of drug-likeness (QED) is 0.849. The van der Waals surface area contributed by atoms with Gasteiger partial charge in [-0.2, -0.15) is 13.2 Å². The maximum Gasteiger partial charge on any atom is 0.416 e. The van der Waals surface area contributed by atoms with Crippen LogP contribution in [0.25, 0.3) is 0 Å². The topological polar surface area (TPSA) is 15.3 Å². The molecule has 1 atom stereocenters. The Labute approximate surface area is 118 Å². The maximum atomic E-state index is 12.6. The largest absolute Gasteiger partial charge is 0.416 e. The van der Waals surface area contributed by atoms with Crippen molar-refractivity contribution in [3.05, 3.63) is 29.8 Å². The van der Waals surface area contributed by atoms with Crippen LogP contribution in [-0.2, 0) is 6.18 Å². The van der Waals surface area contributed by atoms with Crippen molar-refractivity contribution in [1.82, 2.24) is 5.32 Å². The van der Waals surface area contributed by atoms with Gasteiger partial charge in [-0.25, -0.2) is 0 Å². The Hall–Kier alpha value is -1.23. The molecule has 1 saturated heterocycles. The van der Waals surface area contributed by atoms with Crippen molar-refractivity contribution in [2.45, 2.75) is 33.0 Å². The van der Waals surface area contributed by atoms with Crippen LogP contribution in [-0.4, -0.2) is 25.7 Å². The van der Waals surface area contributed by atoms with Gasteiger partial charge in [0.2, 0.25) is 0 Å². The summed E-state index contributed by atoms with van der Waals surface area (Å²) in [6.07, 6.45) is -4.27. The Morgan fingerprint density at radius 1 is 1.10 bits per heavy atom. The molecular formula is C15H21F3N2. The summed E-state index contributed by atoms with van der Waals surface area (Å²) in [5.74, 6) is 0. The van der Waals surface area contributed by atoms with Gasteiger partial charge in [-0.1, -0.05) is 20.8 Å². The molecule has 1 aromatic rings. The lowest BCUT2D eigenvalue weighted by Crippen LogP contribution is -2.56. The average molecular weight is 286 g/mol. The number of nitrogens with zero attached hydrogens (tertiary/aromatic N) is 1. The molecule has 112 valence electrons. The van der Waals surface area contributed by atoms with Gasteiger partial charge >= 0.3 is 6.18 Å². The summed E-state index contributed by atoms with van der Waals surface area (Å²) in [5, 5.41) is 3.47. The molecule has 1 aliphatic heterocycles. The first-order valence-corrected chi connectivity index (χ1v) is 6.83. The summed E-state index contributed by atoms with van der Waals surface area (Å²) in [4.78, 5) is 2.15. The smallest absolute Gasteiger partial charge is 0.369 e. The van der Waals surface area contributed by atoms with E-state index in [1.807, 2.05) is 0 Å². The predicted molar refractivity (Wildman–Crippen MR) is 74.9 cm³/mol. The lowest BCUT2D eigenvalue weighted by Gasteiger charge is -2.41. The minimum absolute atomic E-state index is 0.130. The van der Waals surface area contributed by atoms with E-state index < -0.39 is 11.7 Å². The van der Waals surface area contributed by atoms with Gasteiger partial charge in [0, 0.05) is 31.4 Å². The van der Waals surface area contributed by atoms with Gasteiger partial charge in [-0.3, -0.25) is 0 Å². The first kappa shape index (κ1) is 15.2. The van der Waals surface area contributed by atoms with Gasteiger partial charge in [-0.15, -0.1) is 0 Å². The Morgan fingerprint density at radius 2 is 1.70 bits per heavy atom. The van der Waals surface area contributed by atoms with E-state index in [0.717, 1.165) is 37.5 Å². The molecule has 1 aliphatic rings. The third kappa shape index (κ3) is 3.45. The second-order valence-corrected chi connectivity index (χ2v) is 6.36. The van der Waals surface area contributed by atoms with E-state index in [9.17, 15) is 13.2 Å². The molecule has 1 aromatic carbocycles. The molecule has 0 saturated carbocycles. The van der Waals surface area contributed by atoms with Gasteiger partial charge in [-0.05, 0) is 29.7 Å². The molecule has 2 nitrogen and oxygen atoms in total. The van der Waals surface area contributed by atoms with Crippen LogP contribution in [0.15, 0.2) is 24.3 Å². The standard InChI is InChI=1S/C15H21F3N2/c1-14(2,3)13-10-20(9-8-19-13)12-6-4-11(5-7-12)15(16,17)18/h4-7,13,19H,8-10H2,1-3H3. The first-order chi connectivity index (χ1) is 9.18. The number of hydrogen-bond acceptors (Lipinski definition) is 2. The third-order valence-corrected chi connectivity index (χ3v) is 3.78. The van der Waals surface area contributed by atoms with E-state index in [0.29, 0.717) is 6.04 Å². The Bertz CT molecular complexity index is 446. The molecule has 1 heterocycles. The fourth-order valence-corrected chi connectivity index (χ4v) is 2.43. The molecule has 0 spiro atoms. The van der Waals surface area contributed by atoms with Crippen LogP contribution in [0.1, 0.15) is 26.3 Å². The Morgan fingerprint density at radius 3 is 2.20 bits per heavy atom. The molecule has 1 fully saturated rings. The van der Waals surface area contributed by atoms with Crippen LogP contribution in [0, 0.1) is 5.41 Å². The highest BCUT2D eigenvalue weighted by Gasteiger charge is 2.31. The van der Waals surface area contributed by atoms with Crippen molar-refractivity contribution in [2.24, 2.45) is 5.41 Å². The monoisotopic (exact) mass is 286 g/mol. The van der Waals surface area contributed by atoms with Crippen LogP contribution in [0.5, 0.6) is 0 Å². The Kier molecular flexibility index (Phi) is 4.00. The second kappa shape index (κ2) is 5.28. The molecule has 0 aromatic heterocycles. The van der Waals surface area contributed by atoms with Crippen LogP contribution < -0.4 is 10.2 Å². The number of rotatable bonds is 1. The molecule has 0 radical (unpaired) electrons. The van der Waals surface area contributed by atoms with Crippen molar-refractivity contribution < 1.29 is 13.2 Å². The van der Waals surface area contributed by atoms with Crippen LogP contribution in [0.2, 0.25) is 0 Å². The number of anilines is 1. The second-order valence-electron chi connectivity index (χ2n) is 6.36. The summed E-state index contributed by atoms with van der Waals surface area (Å²) in [5.41, 5.74) is 0.391. The van der Waals surface area contributed by atoms with Crippen molar-refractivity contribution in [2.75, 3.05) is 24.5 Å². The van der Waals surface area contributed by atoms with Gasteiger partial charge in [0.25, 0.3) is 0 Å². The Balaban J connectivity index is 2.12. The van der Waals surface area contributed by atoms with Crippen molar-refractivity contribution in [1.29, 1.82) is 0 Å². The molecule has 1 unspecified atom stereocenters. The van der Waals surface area contributed by atoms with E-state index in [2.05, 4.69) is 31.0 Å². The zero-order valence-corrected chi connectivity index (χ0v) is 12.1. The minimum Gasteiger partial charge on any atom is -0.369 e. The SMILES string of the molecule is CC(C)(C)C1CN(c2ccc(C(F)(F)F)cc2)CCN1. The number of piperazine rings is 1. The highest BCUT2D eigenvalue weighted by atomic mass is 19.4. The average Bonchev–Trinajstić information content (AvgIpc) is 2.37. The first-order valence-electron chi connectivity index (χ1n) is 6.83. The van der Waals surface area contributed by atoms with Crippen molar-refractivity contribution >= 4 is 5.69 Å². The molecule has 5 heteroatoms. The molecule has 2 rings (SSSR count). The zero-order valence-electron chi connectivity index (χ0n) is 12.1. The van der Waals surface area contributed by atoms with Gasteiger partial charge in [0.05, 0.1) is 5.56 Å². The molecule has 20 heavy (non-hydrogen) atoms. The third-order valence-electron chi connectivity index (χ3n) is 3.78. The lowest BCUT2D eigenvalue weighted by atomic mass is 9.85. The maximum absolute atomic E-state index is 12.6. The van der Waals surface area contributed by atoms with E-state index in [1.54, 1.807) is 12.1 Å². The van der Waals surface area contributed by atoms with Crippen molar-refractivity contribution in [3.63, 3.8) is 0 Å². The highest BCUT2D eigenvalue weighted by Crippen LogP contribution is 2.31. The van der Waals surface area contributed by atoms with Crippen LogP contribution in [0.4, 0.5) is 18.9 Å². The number of hydrogen-bond donors (Lipinski definition) is 1. The van der Waals surface area contributed by atoms with Gasteiger partial charge < -0.3 is 10.2 Å². The van der Waals surface area contributed by atoms with E-state index in [1.165, 1.54) is 0 Å². The number of benzene rings is 1. The molecule has 0 aliphatic carbocycles. The summed E-state index contributed by atoms with van der Waals surface area (Å²) in [6.45, 7) is 8.98. The molecule has 0 bridgehead atoms. The molecular weight excluding hydrogens is 265 g/mol. The van der Waals surface area contributed by atoms with E-state index in [-0.39, 0.29) is 5.41 Å². The van der Waals surface area contributed by atoms with Gasteiger partial charge in [0.1, 0.15) is 0 Å². The zero-order chi connectivity index (χ0) is 15.0. The highest BCUT2D eigenvalue weighted by molar-refractivity contribution is 5.48.